The van der Waals surface area contributed by atoms with Crippen molar-refractivity contribution in [1.82, 2.24) is 4.90 Å². The van der Waals surface area contributed by atoms with Gasteiger partial charge in [-0.3, -0.25) is 4.79 Å². The van der Waals surface area contributed by atoms with Gasteiger partial charge in [0.25, 0.3) is 5.91 Å². The van der Waals surface area contributed by atoms with Gasteiger partial charge in [-0.15, -0.1) is 6.58 Å². The second kappa shape index (κ2) is 11.7. The molecule has 4 atom stereocenters. The predicted molar refractivity (Wildman–Crippen MR) is 137 cm³/mol. The number of hydrogen-bond donors (Lipinski definition) is 0. The minimum Gasteiger partial charge on any atom is -0.358 e. The summed E-state index contributed by atoms with van der Waals surface area (Å²) in [5.74, 6) is 0.272. The normalized spacial score (nSPS) is 22.0. The van der Waals surface area contributed by atoms with Crippen molar-refractivity contribution in [2.24, 2.45) is 0 Å². The van der Waals surface area contributed by atoms with Gasteiger partial charge in [0.2, 0.25) is 0 Å². The lowest BCUT2D eigenvalue weighted by Gasteiger charge is -2.48. The van der Waals surface area contributed by atoms with Gasteiger partial charge in [-0.05, 0) is 53.1 Å². The lowest BCUT2D eigenvalue weighted by atomic mass is 9.89. The fourth-order valence-corrected chi connectivity index (χ4v) is 5.53. The van der Waals surface area contributed by atoms with E-state index < -0.39 is 24.1 Å². The average molecular weight is 511 g/mol. The highest BCUT2D eigenvalue weighted by Crippen LogP contribution is 2.45. The monoisotopic (exact) mass is 509 g/mol. The molecule has 2 unspecified atom stereocenters. The van der Waals surface area contributed by atoms with Crippen LogP contribution in [0, 0.1) is 5.82 Å². The van der Waals surface area contributed by atoms with Crippen LogP contribution in [0.3, 0.4) is 0 Å². The molecule has 0 N–H and O–H groups in total. The van der Waals surface area contributed by atoms with Crippen LogP contribution in [0.1, 0.15) is 56.9 Å². The van der Waals surface area contributed by atoms with E-state index >= 15 is 0 Å². The van der Waals surface area contributed by atoms with Crippen LogP contribution in [-0.4, -0.2) is 34.0 Å². The highest BCUT2D eigenvalue weighted by atomic mass is 35.5. The number of nitrogens with zero attached hydrogens (tertiary/aromatic N) is 1. The van der Waals surface area contributed by atoms with Crippen LogP contribution in [0.4, 0.5) is 4.39 Å². The molecule has 33 heavy (non-hydrogen) atoms. The van der Waals surface area contributed by atoms with Crippen LogP contribution in [0.2, 0.25) is 10.0 Å². The number of hydrogen-bond acceptors (Lipinski definition) is 3. The second-order valence-electron chi connectivity index (χ2n) is 8.46. The van der Waals surface area contributed by atoms with Gasteiger partial charge in [0, 0.05) is 28.3 Å². The van der Waals surface area contributed by atoms with E-state index in [9.17, 15) is 9.18 Å². The van der Waals surface area contributed by atoms with E-state index in [1.54, 1.807) is 24.3 Å². The SMILES string of the molecule is C=CCC1O[C@H](c2cc(F)cc(Cl)c2)C(c2ccc(Cl)cc2)N([C@@H](CC)CSC(C)C)C1=O. The van der Waals surface area contributed by atoms with Gasteiger partial charge >= 0.3 is 0 Å². The first kappa shape index (κ1) is 26.1. The van der Waals surface area contributed by atoms with Crippen molar-refractivity contribution >= 4 is 40.9 Å². The summed E-state index contributed by atoms with van der Waals surface area (Å²) in [4.78, 5) is 15.7. The third-order valence-corrected chi connectivity index (χ3v) is 7.43. The molecule has 0 spiro atoms. The quantitative estimate of drug-likeness (QED) is 0.325. The summed E-state index contributed by atoms with van der Waals surface area (Å²) in [6.45, 7) is 10.2. The van der Waals surface area contributed by atoms with Crippen molar-refractivity contribution in [2.45, 2.75) is 63.2 Å². The molecule has 2 aromatic rings. The molecule has 1 aliphatic rings. The van der Waals surface area contributed by atoms with Crippen molar-refractivity contribution < 1.29 is 13.9 Å². The van der Waals surface area contributed by atoms with Crippen molar-refractivity contribution in [1.29, 1.82) is 0 Å². The highest BCUT2D eigenvalue weighted by Gasteiger charge is 2.46. The van der Waals surface area contributed by atoms with E-state index in [-0.39, 0.29) is 17.0 Å². The Labute approximate surface area is 210 Å². The zero-order chi connectivity index (χ0) is 24.1. The second-order valence-corrected chi connectivity index (χ2v) is 10.9. The van der Waals surface area contributed by atoms with Crippen molar-refractivity contribution in [3.05, 3.63) is 82.1 Å². The smallest absolute Gasteiger partial charge is 0.252 e. The van der Waals surface area contributed by atoms with E-state index in [1.807, 2.05) is 28.8 Å². The first-order chi connectivity index (χ1) is 15.7. The minimum absolute atomic E-state index is 0.0201. The number of morpholine rings is 1. The Balaban J connectivity index is 2.16. The highest BCUT2D eigenvalue weighted by molar-refractivity contribution is 7.99. The lowest BCUT2D eigenvalue weighted by molar-refractivity contribution is -0.178. The molecule has 2 aromatic carbocycles. The van der Waals surface area contributed by atoms with Gasteiger partial charge in [0.05, 0.1) is 6.04 Å². The molecule has 7 heteroatoms. The maximum Gasteiger partial charge on any atom is 0.252 e. The summed E-state index contributed by atoms with van der Waals surface area (Å²) in [5.41, 5.74) is 1.47. The molecular formula is C26H30Cl2FNO2S. The van der Waals surface area contributed by atoms with Crippen LogP contribution < -0.4 is 0 Å². The minimum atomic E-state index is -0.698. The number of ether oxygens (including phenoxy) is 1. The number of carbonyl (C=O) groups is 1. The number of carbonyl (C=O) groups excluding carboxylic acids is 1. The van der Waals surface area contributed by atoms with E-state index in [0.717, 1.165) is 17.7 Å². The molecule has 1 heterocycles. The van der Waals surface area contributed by atoms with Gasteiger partial charge in [-0.2, -0.15) is 11.8 Å². The molecule has 3 nitrogen and oxygen atoms in total. The molecule has 0 saturated carbocycles. The molecular weight excluding hydrogens is 480 g/mol. The van der Waals surface area contributed by atoms with Gasteiger partial charge in [0.1, 0.15) is 18.0 Å². The Morgan fingerprint density at radius 3 is 2.42 bits per heavy atom. The van der Waals surface area contributed by atoms with Crippen LogP contribution in [-0.2, 0) is 9.53 Å². The van der Waals surface area contributed by atoms with E-state index in [2.05, 4.69) is 27.4 Å². The van der Waals surface area contributed by atoms with Gasteiger partial charge < -0.3 is 9.64 Å². The topological polar surface area (TPSA) is 29.5 Å². The zero-order valence-corrected chi connectivity index (χ0v) is 21.5. The molecule has 1 amide bonds. The van der Waals surface area contributed by atoms with Crippen LogP contribution >= 0.6 is 35.0 Å². The predicted octanol–water partition coefficient (Wildman–Crippen LogP) is 7.64. The molecule has 0 bridgehead atoms. The largest absolute Gasteiger partial charge is 0.358 e. The molecule has 0 aliphatic carbocycles. The fourth-order valence-electron chi connectivity index (χ4n) is 4.17. The van der Waals surface area contributed by atoms with Gasteiger partial charge in [-0.25, -0.2) is 4.39 Å². The van der Waals surface area contributed by atoms with Crippen LogP contribution in [0.5, 0.6) is 0 Å². The molecule has 1 fully saturated rings. The summed E-state index contributed by atoms with van der Waals surface area (Å²) < 4.78 is 20.7. The summed E-state index contributed by atoms with van der Waals surface area (Å²) in [6.07, 6.45) is 1.54. The molecule has 1 aliphatic heterocycles. The Morgan fingerprint density at radius 2 is 1.85 bits per heavy atom. The summed E-state index contributed by atoms with van der Waals surface area (Å²) in [5, 5.41) is 1.33. The lowest BCUT2D eigenvalue weighted by Crippen LogP contribution is -2.55. The van der Waals surface area contributed by atoms with Crippen molar-refractivity contribution in [2.75, 3.05) is 5.75 Å². The maximum atomic E-state index is 14.4. The third kappa shape index (κ3) is 6.33. The number of halogens is 3. The van der Waals surface area contributed by atoms with Gasteiger partial charge in [-0.1, -0.05) is 62.2 Å². The number of benzene rings is 2. The first-order valence-corrected chi connectivity index (χ1v) is 13.0. The van der Waals surface area contributed by atoms with Crippen molar-refractivity contribution in [3.63, 3.8) is 0 Å². The van der Waals surface area contributed by atoms with E-state index in [1.165, 1.54) is 12.1 Å². The van der Waals surface area contributed by atoms with E-state index in [4.69, 9.17) is 27.9 Å². The first-order valence-electron chi connectivity index (χ1n) is 11.2. The summed E-state index contributed by atoms with van der Waals surface area (Å²) in [7, 11) is 0. The van der Waals surface area contributed by atoms with Gasteiger partial charge in [0.15, 0.2) is 0 Å². The average Bonchev–Trinajstić information content (AvgIpc) is 2.76. The summed E-state index contributed by atoms with van der Waals surface area (Å²) >= 11 is 14.2. The van der Waals surface area contributed by atoms with E-state index in [0.29, 0.717) is 22.3 Å². The summed E-state index contributed by atoms with van der Waals surface area (Å²) in [6, 6.07) is 11.3. The molecule has 0 aromatic heterocycles. The molecule has 178 valence electrons. The Hall–Kier alpha value is -1.53. The number of thioether (sulfide) groups is 1. The molecule has 0 radical (unpaired) electrons. The third-order valence-electron chi connectivity index (χ3n) is 5.72. The van der Waals surface area contributed by atoms with Crippen LogP contribution in [0.15, 0.2) is 55.1 Å². The maximum absolute atomic E-state index is 14.4. The Bertz CT molecular complexity index is 949. The van der Waals surface area contributed by atoms with Crippen LogP contribution in [0.25, 0.3) is 0 Å². The molecule has 3 rings (SSSR count). The Morgan fingerprint density at radius 1 is 1.15 bits per heavy atom. The fraction of sp³-hybridized carbons (Fsp3) is 0.423. The number of amides is 1. The van der Waals surface area contributed by atoms with Crippen molar-refractivity contribution in [3.8, 4) is 0 Å². The number of rotatable bonds is 9. The Kier molecular flexibility index (Phi) is 9.28. The standard InChI is InChI=1S/C26H30Cl2FNO2S/c1-5-7-23-26(31)30(22(6-2)15-33-16(3)4)24(17-8-10-19(27)11-9-17)25(32-23)18-12-20(28)14-21(29)13-18/h5,8-14,16,22-25H,1,6-7,15H2,2-4H3/t22-,23?,24?,25+/m0/s1. The zero-order valence-electron chi connectivity index (χ0n) is 19.1. The molecule has 1 saturated heterocycles.